The van der Waals surface area contributed by atoms with Crippen molar-refractivity contribution >= 4 is 16.8 Å². The number of aromatic hydroxyl groups is 1. The third kappa shape index (κ3) is 4.18. The van der Waals surface area contributed by atoms with Crippen LogP contribution in [0.2, 0.25) is 0 Å². The normalized spacial score (nSPS) is 16.0. The zero-order valence-corrected chi connectivity index (χ0v) is 17.8. The van der Waals surface area contributed by atoms with E-state index in [4.69, 9.17) is 0 Å². The Morgan fingerprint density at radius 2 is 1.70 bits per heavy atom. The topological polar surface area (TPSA) is 62.2 Å². The average molecular weight is 403 g/mol. The van der Waals surface area contributed by atoms with Crippen molar-refractivity contribution in [3.05, 3.63) is 71.4 Å². The van der Waals surface area contributed by atoms with E-state index in [0.717, 1.165) is 36.6 Å². The molecule has 1 amide bonds. The molecule has 1 atom stereocenters. The van der Waals surface area contributed by atoms with E-state index in [9.17, 15) is 9.90 Å². The van der Waals surface area contributed by atoms with Crippen molar-refractivity contribution in [3.8, 4) is 5.75 Å². The molecular formula is C26H30N2O2. The molecule has 0 saturated heterocycles. The summed E-state index contributed by atoms with van der Waals surface area (Å²) >= 11 is 0. The molecule has 1 aliphatic rings. The number of pyridine rings is 1. The summed E-state index contributed by atoms with van der Waals surface area (Å²) in [6, 6.07) is 15.6. The zero-order chi connectivity index (χ0) is 21.1. The number of carbonyl (C=O) groups excluding carboxylic acids is 1. The maximum Gasteiger partial charge on any atom is 0.223 e. The average Bonchev–Trinajstić information content (AvgIpc) is 2.79. The van der Waals surface area contributed by atoms with E-state index in [-0.39, 0.29) is 17.6 Å². The van der Waals surface area contributed by atoms with Gasteiger partial charge in [-0.05, 0) is 36.0 Å². The first-order valence-electron chi connectivity index (χ1n) is 11.0. The Kier molecular flexibility index (Phi) is 6.03. The van der Waals surface area contributed by atoms with Crippen molar-refractivity contribution in [2.75, 3.05) is 0 Å². The van der Waals surface area contributed by atoms with Crippen molar-refractivity contribution in [1.29, 1.82) is 0 Å². The molecule has 3 aromatic rings. The van der Waals surface area contributed by atoms with E-state index in [1.807, 2.05) is 24.3 Å². The van der Waals surface area contributed by atoms with Crippen LogP contribution in [-0.2, 0) is 4.79 Å². The number of hydrogen-bond donors (Lipinski definition) is 2. The van der Waals surface area contributed by atoms with Crippen LogP contribution >= 0.6 is 0 Å². The predicted octanol–water partition coefficient (Wildman–Crippen LogP) is 5.85. The molecule has 4 nitrogen and oxygen atoms in total. The number of benzene rings is 2. The highest BCUT2D eigenvalue weighted by atomic mass is 16.3. The molecule has 1 saturated carbocycles. The lowest BCUT2D eigenvalue weighted by Gasteiger charge is -2.26. The molecule has 4 rings (SSSR count). The van der Waals surface area contributed by atoms with Crippen LogP contribution in [-0.4, -0.2) is 16.0 Å². The fourth-order valence-corrected chi connectivity index (χ4v) is 4.42. The Hall–Kier alpha value is -2.88. The molecule has 1 aliphatic carbocycles. The maximum atomic E-state index is 13.1. The lowest BCUT2D eigenvalue weighted by atomic mass is 9.87. The maximum absolute atomic E-state index is 13.1. The lowest BCUT2D eigenvalue weighted by molar-refractivity contribution is -0.126. The molecule has 0 unspecified atom stereocenters. The van der Waals surface area contributed by atoms with Gasteiger partial charge in [-0.2, -0.15) is 0 Å². The minimum absolute atomic E-state index is 0.0527. The molecule has 2 N–H and O–H groups in total. The monoisotopic (exact) mass is 402 g/mol. The quantitative estimate of drug-likeness (QED) is 0.563. The fourth-order valence-electron chi connectivity index (χ4n) is 4.42. The van der Waals surface area contributed by atoms with Crippen LogP contribution in [0.1, 0.15) is 74.6 Å². The first-order valence-corrected chi connectivity index (χ1v) is 11.0. The van der Waals surface area contributed by atoms with E-state index in [1.54, 1.807) is 6.20 Å². The van der Waals surface area contributed by atoms with Gasteiger partial charge in [-0.25, -0.2) is 0 Å². The summed E-state index contributed by atoms with van der Waals surface area (Å²) in [5.41, 5.74) is 3.46. The van der Waals surface area contributed by atoms with Gasteiger partial charge in [0, 0.05) is 23.1 Å². The Morgan fingerprint density at radius 3 is 2.40 bits per heavy atom. The van der Waals surface area contributed by atoms with Crippen LogP contribution < -0.4 is 5.32 Å². The van der Waals surface area contributed by atoms with Gasteiger partial charge in [-0.3, -0.25) is 9.78 Å². The molecule has 4 heteroatoms. The Labute approximate surface area is 178 Å². The largest absolute Gasteiger partial charge is 0.505 e. The summed E-state index contributed by atoms with van der Waals surface area (Å²) in [6.07, 6.45) is 6.99. The van der Waals surface area contributed by atoms with Crippen LogP contribution in [0.5, 0.6) is 5.75 Å². The molecule has 1 heterocycles. The number of aromatic nitrogens is 1. The van der Waals surface area contributed by atoms with Crippen molar-refractivity contribution < 1.29 is 9.90 Å². The summed E-state index contributed by atoms with van der Waals surface area (Å²) < 4.78 is 0. The summed E-state index contributed by atoms with van der Waals surface area (Å²) in [7, 11) is 0. The predicted molar refractivity (Wildman–Crippen MR) is 120 cm³/mol. The van der Waals surface area contributed by atoms with Crippen LogP contribution in [0.15, 0.2) is 54.7 Å². The standard InChI is InChI=1S/C26H30N2O2/c1-17(2)18-10-12-20(13-11-18)23(28-26(30)21-7-4-3-5-8-21)22-15-14-19-9-6-16-27-24(19)25(22)29/h6,9-17,21,23,29H,3-5,7-8H2,1-2H3,(H,28,30)/t23-/m0/s1. The van der Waals surface area contributed by atoms with Gasteiger partial charge < -0.3 is 10.4 Å². The molecule has 2 aromatic carbocycles. The third-order valence-electron chi connectivity index (χ3n) is 6.29. The number of nitrogens with one attached hydrogen (secondary N) is 1. The number of phenols is 1. The van der Waals surface area contributed by atoms with Gasteiger partial charge in [0.2, 0.25) is 5.91 Å². The summed E-state index contributed by atoms with van der Waals surface area (Å²) in [6.45, 7) is 4.33. The highest BCUT2D eigenvalue weighted by Crippen LogP contribution is 2.35. The molecular weight excluding hydrogens is 372 g/mol. The van der Waals surface area contributed by atoms with E-state index < -0.39 is 6.04 Å². The van der Waals surface area contributed by atoms with Gasteiger partial charge in [-0.15, -0.1) is 0 Å². The SMILES string of the molecule is CC(C)c1ccc([C@H](NC(=O)C2CCCCC2)c2ccc3cccnc3c2O)cc1. The second kappa shape index (κ2) is 8.86. The van der Waals surface area contributed by atoms with Crippen molar-refractivity contribution in [2.24, 2.45) is 5.92 Å². The third-order valence-corrected chi connectivity index (χ3v) is 6.29. The second-order valence-electron chi connectivity index (χ2n) is 8.68. The molecule has 0 radical (unpaired) electrons. The van der Waals surface area contributed by atoms with Gasteiger partial charge >= 0.3 is 0 Å². The van der Waals surface area contributed by atoms with Crippen LogP contribution in [0.4, 0.5) is 0 Å². The Balaban J connectivity index is 1.73. The summed E-state index contributed by atoms with van der Waals surface area (Å²) in [4.78, 5) is 17.5. The zero-order valence-electron chi connectivity index (χ0n) is 17.8. The Bertz CT molecular complexity index is 1020. The fraction of sp³-hybridized carbons (Fsp3) is 0.385. The van der Waals surface area contributed by atoms with Gasteiger partial charge in [0.1, 0.15) is 11.3 Å². The van der Waals surface area contributed by atoms with Crippen molar-refractivity contribution in [2.45, 2.75) is 57.9 Å². The van der Waals surface area contributed by atoms with Crippen LogP contribution in [0, 0.1) is 5.92 Å². The number of amides is 1. The number of fused-ring (bicyclic) bond motifs is 1. The van der Waals surface area contributed by atoms with Gasteiger partial charge in [0.05, 0.1) is 6.04 Å². The van der Waals surface area contributed by atoms with Crippen LogP contribution in [0.25, 0.3) is 10.9 Å². The Morgan fingerprint density at radius 1 is 1.00 bits per heavy atom. The second-order valence-corrected chi connectivity index (χ2v) is 8.68. The van der Waals surface area contributed by atoms with E-state index in [1.165, 1.54) is 12.0 Å². The van der Waals surface area contributed by atoms with E-state index >= 15 is 0 Å². The molecule has 0 bridgehead atoms. The van der Waals surface area contributed by atoms with Gasteiger partial charge in [0.15, 0.2) is 0 Å². The van der Waals surface area contributed by atoms with Crippen LogP contribution in [0.3, 0.4) is 0 Å². The van der Waals surface area contributed by atoms with Gasteiger partial charge in [0.25, 0.3) is 0 Å². The van der Waals surface area contributed by atoms with Gasteiger partial charge in [-0.1, -0.05) is 75.6 Å². The van der Waals surface area contributed by atoms with E-state index in [0.29, 0.717) is 17.0 Å². The van der Waals surface area contributed by atoms with E-state index in [2.05, 4.69) is 48.4 Å². The lowest BCUT2D eigenvalue weighted by Crippen LogP contribution is -2.35. The number of phenolic OH excluding ortho intramolecular Hbond substituents is 1. The smallest absolute Gasteiger partial charge is 0.223 e. The molecule has 1 fully saturated rings. The summed E-state index contributed by atoms with van der Waals surface area (Å²) in [5.74, 6) is 0.702. The number of rotatable bonds is 5. The highest BCUT2D eigenvalue weighted by Gasteiger charge is 2.27. The summed E-state index contributed by atoms with van der Waals surface area (Å²) in [5, 5.41) is 15.2. The van der Waals surface area contributed by atoms with Crippen molar-refractivity contribution in [1.82, 2.24) is 10.3 Å². The molecule has 30 heavy (non-hydrogen) atoms. The van der Waals surface area contributed by atoms with Crippen molar-refractivity contribution in [3.63, 3.8) is 0 Å². The molecule has 0 spiro atoms. The molecule has 156 valence electrons. The first kappa shape index (κ1) is 20.4. The number of hydrogen-bond acceptors (Lipinski definition) is 3. The first-order chi connectivity index (χ1) is 14.5. The molecule has 1 aromatic heterocycles. The number of carbonyl (C=O) groups is 1. The minimum atomic E-state index is -0.410. The highest BCUT2D eigenvalue weighted by molar-refractivity contribution is 5.86. The number of nitrogens with zero attached hydrogens (tertiary/aromatic N) is 1. The molecule has 0 aliphatic heterocycles. The minimum Gasteiger partial charge on any atom is -0.505 e.